The fraction of sp³-hybridized carbons (Fsp3) is 0.250. The summed E-state index contributed by atoms with van der Waals surface area (Å²) in [6.07, 6.45) is -3.25. The van der Waals surface area contributed by atoms with Crippen molar-refractivity contribution in [3.8, 4) is 5.88 Å². The number of hydrogen-bond donors (Lipinski definition) is 1. The number of halogens is 3. The Hall–Kier alpha value is -3.17. The zero-order chi connectivity index (χ0) is 19.3. The number of aromatic nitrogens is 1. The first kappa shape index (κ1) is 19.2. The van der Waals surface area contributed by atoms with Crippen LogP contribution in [0, 0.1) is 17.0 Å². The number of nitrogens with one attached hydrogen (secondary N) is 1. The van der Waals surface area contributed by atoms with Crippen molar-refractivity contribution in [1.29, 1.82) is 0 Å². The number of nitro groups is 1. The number of carbonyl (C=O) groups is 1. The molecular weight excluding hydrogens is 355 g/mol. The summed E-state index contributed by atoms with van der Waals surface area (Å²) < 4.78 is 41.4. The van der Waals surface area contributed by atoms with E-state index in [1.807, 2.05) is 0 Å². The third kappa shape index (κ3) is 5.16. The molecule has 1 aromatic carbocycles. The van der Waals surface area contributed by atoms with Gasteiger partial charge in [0, 0.05) is 35.5 Å². The molecule has 10 heteroatoms. The minimum absolute atomic E-state index is 0.0592. The van der Waals surface area contributed by atoms with Crippen molar-refractivity contribution in [1.82, 2.24) is 10.3 Å². The first-order chi connectivity index (χ1) is 12.2. The highest BCUT2D eigenvalue weighted by atomic mass is 19.4. The third-order valence-corrected chi connectivity index (χ3v) is 3.33. The number of rotatable bonds is 6. The Morgan fingerprint density at radius 2 is 2.08 bits per heavy atom. The summed E-state index contributed by atoms with van der Waals surface area (Å²) >= 11 is 0. The highest BCUT2D eigenvalue weighted by Gasteiger charge is 2.29. The first-order valence-electron chi connectivity index (χ1n) is 7.34. The molecule has 0 spiro atoms. The fourth-order valence-corrected chi connectivity index (χ4v) is 2.06. The number of aryl methyl sites for hydroxylation is 1. The van der Waals surface area contributed by atoms with E-state index in [4.69, 9.17) is 0 Å². The van der Waals surface area contributed by atoms with Gasteiger partial charge in [0.05, 0.1) is 4.92 Å². The van der Waals surface area contributed by atoms with E-state index < -0.39 is 23.6 Å². The molecule has 2 rings (SSSR count). The Morgan fingerprint density at radius 3 is 2.73 bits per heavy atom. The maximum atomic E-state index is 12.3. The van der Waals surface area contributed by atoms with Crippen LogP contribution in [-0.2, 0) is 6.54 Å². The highest BCUT2D eigenvalue weighted by Crippen LogP contribution is 2.21. The summed E-state index contributed by atoms with van der Waals surface area (Å²) in [6.45, 7) is -0.115. The number of nitro benzene ring substituents is 1. The third-order valence-electron chi connectivity index (χ3n) is 3.33. The van der Waals surface area contributed by atoms with Crippen molar-refractivity contribution in [2.45, 2.75) is 19.6 Å². The van der Waals surface area contributed by atoms with Crippen LogP contribution in [-0.4, -0.2) is 28.6 Å². The van der Waals surface area contributed by atoms with E-state index in [0.717, 1.165) is 6.07 Å². The van der Waals surface area contributed by atoms with Crippen LogP contribution >= 0.6 is 0 Å². The van der Waals surface area contributed by atoms with Gasteiger partial charge < -0.3 is 10.1 Å². The zero-order valence-electron chi connectivity index (χ0n) is 13.5. The molecule has 0 fully saturated rings. The highest BCUT2D eigenvalue weighted by molar-refractivity contribution is 5.94. The molecule has 138 valence electrons. The van der Waals surface area contributed by atoms with Gasteiger partial charge in [-0.05, 0) is 19.1 Å². The quantitative estimate of drug-likeness (QED) is 0.623. The van der Waals surface area contributed by atoms with E-state index in [-0.39, 0.29) is 29.2 Å². The second-order valence-corrected chi connectivity index (χ2v) is 5.31. The lowest BCUT2D eigenvalue weighted by Gasteiger charge is -2.12. The van der Waals surface area contributed by atoms with Crippen molar-refractivity contribution in [3.63, 3.8) is 0 Å². The van der Waals surface area contributed by atoms with Gasteiger partial charge in [-0.1, -0.05) is 12.1 Å². The van der Waals surface area contributed by atoms with E-state index >= 15 is 0 Å². The molecule has 1 amide bonds. The average Bonchev–Trinajstić information content (AvgIpc) is 2.58. The van der Waals surface area contributed by atoms with Crippen molar-refractivity contribution < 1.29 is 27.6 Å². The Kier molecular flexibility index (Phi) is 5.75. The Balaban J connectivity index is 2.08. The lowest BCUT2D eigenvalue weighted by atomic mass is 10.1. The number of nitrogens with zero attached hydrogens (tertiary/aromatic N) is 2. The number of amides is 1. The molecule has 1 N–H and O–H groups in total. The minimum atomic E-state index is -4.52. The van der Waals surface area contributed by atoms with Crippen molar-refractivity contribution in [3.05, 3.63) is 63.3 Å². The van der Waals surface area contributed by atoms with Gasteiger partial charge in [0.15, 0.2) is 6.61 Å². The molecule has 7 nitrogen and oxygen atoms in total. The second kappa shape index (κ2) is 7.81. The van der Waals surface area contributed by atoms with E-state index in [2.05, 4.69) is 15.0 Å². The lowest BCUT2D eigenvalue weighted by Crippen LogP contribution is -2.24. The monoisotopic (exact) mass is 369 g/mol. The van der Waals surface area contributed by atoms with E-state index in [0.29, 0.717) is 5.56 Å². The predicted octanol–water partition coefficient (Wildman–Crippen LogP) is 3.17. The van der Waals surface area contributed by atoms with Crippen LogP contribution < -0.4 is 10.1 Å². The van der Waals surface area contributed by atoms with Crippen LogP contribution in [0.4, 0.5) is 18.9 Å². The van der Waals surface area contributed by atoms with E-state index in [1.165, 1.54) is 30.5 Å². The molecule has 0 radical (unpaired) electrons. The Labute approximate surface area is 146 Å². The van der Waals surface area contributed by atoms with Crippen LogP contribution in [0.2, 0.25) is 0 Å². The van der Waals surface area contributed by atoms with Crippen LogP contribution in [0.3, 0.4) is 0 Å². The van der Waals surface area contributed by atoms with Gasteiger partial charge in [0.25, 0.3) is 11.6 Å². The summed E-state index contributed by atoms with van der Waals surface area (Å²) in [5, 5.41) is 13.4. The van der Waals surface area contributed by atoms with Gasteiger partial charge in [0.2, 0.25) is 5.88 Å². The van der Waals surface area contributed by atoms with Gasteiger partial charge in [-0.25, -0.2) is 4.98 Å². The van der Waals surface area contributed by atoms with Crippen LogP contribution in [0.1, 0.15) is 21.5 Å². The topological polar surface area (TPSA) is 94.4 Å². The molecular formula is C16H14F3N3O4. The maximum absolute atomic E-state index is 12.3. The smallest absolute Gasteiger partial charge is 0.422 e. The molecule has 0 atom stereocenters. The summed E-state index contributed by atoms with van der Waals surface area (Å²) in [6, 6.07) is 6.93. The lowest BCUT2D eigenvalue weighted by molar-refractivity contribution is -0.385. The predicted molar refractivity (Wildman–Crippen MR) is 84.8 cm³/mol. The molecule has 0 unspecified atom stereocenters. The molecule has 0 aliphatic heterocycles. The second-order valence-electron chi connectivity index (χ2n) is 5.31. The summed E-state index contributed by atoms with van der Waals surface area (Å²) in [4.78, 5) is 26.2. The summed E-state index contributed by atoms with van der Waals surface area (Å²) in [5.74, 6) is -0.862. The standard InChI is InChI=1S/C16H14F3N3O4/c1-10-4-5-11(7-13(10)22(24)25)14(23)21-8-12-3-2-6-20-15(12)26-9-16(17,18)19/h2-7H,8-9H2,1H3,(H,21,23). The van der Waals surface area contributed by atoms with Crippen molar-refractivity contribution in [2.24, 2.45) is 0 Å². The minimum Gasteiger partial charge on any atom is -0.468 e. The van der Waals surface area contributed by atoms with Crippen molar-refractivity contribution >= 4 is 11.6 Å². The molecule has 1 aromatic heterocycles. The number of ether oxygens (including phenoxy) is 1. The van der Waals surface area contributed by atoms with Gasteiger partial charge >= 0.3 is 6.18 Å². The van der Waals surface area contributed by atoms with Gasteiger partial charge in [-0.3, -0.25) is 14.9 Å². The van der Waals surface area contributed by atoms with E-state index in [1.54, 1.807) is 6.92 Å². The number of benzene rings is 1. The van der Waals surface area contributed by atoms with Crippen LogP contribution in [0.15, 0.2) is 36.5 Å². The Bertz CT molecular complexity index is 825. The number of hydrogen-bond acceptors (Lipinski definition) is 5. The largest absolute Gasteiger partial charge is 0.468 e. The average molecular weight is 369 g/mol. The van der Waals surface area contributed by atoms with E-state index in [9.17, 15) is 28.1 Å². The number of pyridine rings is 1. The van der Waals surface area contributed by atoms with Crippen LogP contribution in [0.5, 0.6) is 5.88 Å². The maximum Gasteiger partial charge on any atom is 0.422 e. The molecule has 0 saturated heterocycles. The summed E-state index contributed by atoms with van der Waals surface area (Å²) in [5.41, 5.74) is 0.505. The molecule has 0 aliphatic rings. The molecule has 0 bridgehead atoms. The fourth-order valence-electron chi connectivity index (χ4n) is 2.06. The zero-order valence-corrected chi connectivity index (χ0v) is 13.5. The molecule has 1 heterocycles. The molecule has 26 heavy (non-hydrogen) atoms. The van der Waals surface area contributed by atoms with Crippen molar-refractivity contribution in [2.75, 3.05) is 6.61 Å². The SMILES string of the molecule is Cc1ccc(C(=O)NCc2cccnc2OCC(F)(F)F)cc1[N+](=O)[O-]. The van der Waals surface area contributed by atoms with Gasteiger partial charge in [-0.15, -0.1) is 0 Å². The van der Waals surface area contributed by atoms with Crippen LogP contribution in [0.25, 0.3) is 0 Å². The summed E-state index contributed by atoms with van der Waals surface area (Å²) in [7, 11) is 0. The van der Waals surface area contributed by atoms with Gasteiger partial charge in [0.1, 0.15) is 0 Å². The molecule has 0 aliphatic carbocycles. The molecule has 2 aromatic rings. The molecule has 0 saturated carbocycles. The number of carbonyl (C=O) groups excluding carboxylic acids is 1. The Morgan fingerprint density at radius 1 is 1.35 bits per heavy atom. The number of alkyl halides is 3. The normalized spacial score (nSPS) is 11.1. The first-order valence-corrected chi connectivity index (χ1v) is 7.34. The van der Waals surface area contributed by atoms with Gasteiger partial charge in [-0.2, -0.15) is 13.2 Å².